The SMILES string of the molecule is CCCc1ccc(C2(N=C=O)CC2)s1. The maximum Gasteiger partial charge on any atom is 0.235 e. The van der Waals surface area contributed by atoms with E-state index in [9.17, 15) is 4.79 Å². The van der Waals surface area contributed by atoms with Crippen molar-refractivity contribution in [3.05, 3.63) is 21.9 Å². The molecule has 2 nitrogen and oxygen atoms in total. The van der Waals surface area contributed by atoms with E-state index in [0.717, 1.165) is 19.3 Å². The van der Waals surface area contributed by atoms with Crippen molar-refractivity contribution in [2.75, 3.05) is 0 Å². The van der Waals surface area contributed by atoms with Crippen LogP contribution in [0.3, 0.4) is 0 Å². The van der Waals surface area contributed by atoms with Crippen LogP contribution in [-0.4, -0.2) is 6.08 Å². The highest BCUT2D eigenvalue weighted by atomic mass is 32.1. The Morgan fingerprint density at radius 3 is 2.93 bits per heavy atom. The Kier molecular flexibility index (Phi) is 2.53. The van der Waals surface area contributed by atoms with Crippen molar-refractivity contribution in [3.8, 4) is 0 Å². The lowest BCUT2D eigenvalue weighted by Crippen LogP contribution is -1.97. The van der Waals surface area contributed by atoms with E-state index in [4.69, 9.17) is 0 Å². The zero-order valence-corrected chi connectivity index (χ0v) is 9.06. The largest absolute Gasteiger partial charge is 0.235 e. The van der Waals surface area contributed by atoms with Gasteiger partial charge in [0, 0.05) is 9.75 Å². The van der Waals surface area contributed by atoms with Gasteiger partial charge >= 0.3 is 0 Å². The molecule has 0 atom stereocenters. The Hall–Kier alpha value is -0.920. The van der Waals surface area contributed by atoms with Gasteiger partial charge < -0.3 is 0 Å². The molecule has 2 rings (SSSR count). The van der Waals surface area contributed by atoms with Gasteiger partial charge in [-0.2, -0.15) is 4.99 Å². The standard InChI is InChI=1S/C11H13NOS/c1-2-3-9-4-5-10(14-9)11(6-7-11)12-8-13/h4-5H,2-3,6-7H2,1H3. The van der Waals surface area contributed by atoms with Crippen molar-refractivity contribution < 1.29 is 4.79 Å². The van der Waals surface area contributed by atoms with Crippen molar-refractivity contribution in [2.45, 2.75) is 38.1 Å². The summed E-state index contributed by atoms with van der Waals surface area (Å²) in [7, 11) is 0. The summed E-state index contributed by atoms with van der Waals surface area (Å²) in [4.78, 5) is 16.8. The predicted octanol–water partition coefficient (Wildman–Crippen LogP) is 3.03. The molecule has 0 saturated heterocycles. The molecular formula is C11H13NOS. The molecule has 0 radical (unpaired) electrons. The summed E-state index contributed by atoms with van der Waals surface area (Å²) < 4.78 is 0. The van der Waals surface area contributed by atoms with E-state index in [-0.39, 0.29) is 5.54 Å². The molecular weight excluding hydrogens is 194 g/mol. The number of isocyanates is 1. The third-order valence-electron chi connectivity index (χ3n) is 2.60. The molecule has 0 unspecified atom stereocenters. The number of thiophene rings is 1. The third kappa shape index (κ3) is 1.66. The van der Waals surface area contributed by atoms with Crippen molar-refractivity contribution in [1.82, 2.24) is 0 Å². The van der Waals surface area contributed by atoms with Crippen molar-refractivity contribution in [1.29, 1.82) is 0 Å². The molecule has 0 amide bonds. The quantitative estimate of drug-likeness (QED) is 0.551. The Labute approximate surface area is 87.7 Å². The number of aryl methyl sites for hydroxylation is 1. The van der Waals surface area contributed by atoms with Crippen LogP contribution in [0.5, 0.6) is 0 Å². The molecule has 1 fully saturated rings. The van der Waals surface area contributed by atoms with Crippen LogP contribution in [0.25, 0.3) is 0 Å². The molecule has 1 saturated carbocycles. The highest BCUT2D eigenvalue weighted by Gasteiger charge is 2.45. The van der Waals surface area contributed by atoms with Crippen LogP contribution < -0.4 is 0 Å². The van der Waals surface area contributed by atoms with Gasteiger partial charge in [0.25, 0.3) is 0 Å². The fourth-order valence-electron chi connectivity index (χ4n) is 1.63. The monoisotopic (exact) mass is 207 g/mol. The van der Waals surface area contributed by atoms with Gasteiger partial charge in [-0.25, -0.2) is 4.79 Å². The van der Waals surface area contributed by atoms with Gasteiger partial charge in [0.2, 0.25) is 6.08 Å². The maximum atomic E-state index is 10.3. The summed E-state index contributed by atoms with van der Waals surface area (Å²) in [6.07, 6.45) is 6.01. The van der Waals surface area contributed by atoms with Gasteiger partial charge in [0.1, 0.15) is 5.54 Å². The summed E-state index contributed by atoms with van der Waals surface area (Å²) in [6, 6.07) is 4.27. The first-order valence-electron chi connectivity index (χ1n) is 4.99. The Morgan fingerprint density at radius 2 is 2.36 bits per heavy atom. The molecule has 0 N–H and O–H groups in total. The molecule has 1 aromatic heterocycles. The lowest BCUT2D eigenvalue weighted by molar-refractivity contribution is 0.557. The van der Waals surface area contributed by atoms with Crippen molar-refractivity contribution >= 4 is 17.4 Å². The summed E-state index contributed by atoms with van der Waals surface area (Å²) in [5, 5.41) is 0. The van der Waals surface area contributed by atoms with Crippen molar-refractivity contribution in [3.63, 3.8) is 0 Å². The highest BCUT2D eigenvalue weighted by Crippen LogP contribution is 2.51. The van der Waals surface area contributed by atoms with Crippen LogP contribution >= 0.6 is 11.3 Å². The first-order chi connectivity index (χ1) is 6.80. The Balaban J connectivity index is 2.20. The number of nitrogens with zero attached hydrogens (tertiary/aromatic N) is 1. The smallest absolute Gasteiger partial charge is 0.211 e. The van der Waals surface area contributed by atoms with Crippen LogP contribution in [0.1, 0.15) is 35.9 Å². The number of hydrogen-bond acceptors (Lipinski definition) is 3. The zero-order valence-electron chi connectivity index (χ0n) is 8.25. The van der Waals surface area contributed by atoms with Gasteiger partial charge in [-0.05, 0) is 31.4 Å². The van der Waals surface area contributed by atoms with E-state index in [2.05, 4.69) is 24.0 Å². The lowest BCUT2D eigenvalue weighted by atomic mass is 10.2. The molecule has 0 aliphatic heterocycles. The van der Waals surface area contributed by atoms with Gasteiger partial charge in [-0.1, -0.05) is 13.3 Å². The van der Waals surface area contributed by atoms with Crippen LogP contribution in [0.2, 0.25) is 0 Å². The van der Waals surface area contributed by atoms with Gasteiger partial charge in [-0.15, -0.1) is 11.3 Å². The van der Waals surface area contributed by atoms with Crippen LogP contribution in [0.4, 0.5) is 0 Å². The van der Waals surface area contributed by atoms with Gasteiger partial charge in [0.15, 0.2) is 0 Å². The van der Waals surface area contributed by atoms with Crippen molar-refractivity contribution in [2.24, 2.45) is 4.99 Å². The Bertz CT molecular complexity index is 372. The fraction of sp³-hybridized carbons (Fsp3) is 0.545. The molecule has 74 valence electrons. The average molecular weight is 207 g/mol. The minimum atomic E-state index is -0.168. The molecule has 1 aliphatic rings. The van der Waals surface area contributed by atoms with E-state index in [0.29, 0.717) is 0 Å². The minimum absolute atomic E-state index is 0.168. The highest BCUT2D eigenvalue weighted by molar-refractivity contribution is 7.12. The molecule has 0 aromatic carbocycles. The topological polar surface area (TPSA) is 29.4 Å². The molecule has 1 aromatic rings. The summed E-state index contributed by atoms with van der Waals surface area (Å²) >= 11 is 1.79. The fourth-order valence-corrected chi connectivity index (χ4v) is 2.93. The molecule has 14 heavy (non-hydrogen) atoms. The molecule has 1 heterocycles. The summed E-state index contributed by atoms with van der Waals surface area (Å²) in [6.45, 7) is 2.18. The molecule has 1 aliphatic carbocycles. The van der Waals surface area contributed by atoms with Crippen LogP contribution in [0.15, 0.2) is 17.1 Å². The molecule has 0 bridgehead atoms. The summed E-state index contributed by atoms with van der Waals surface area (Å²) in [5.41, 5.74) is -0.168. The van der Waals surface area contributed by atoms with E-state index in [1.54, 1.807) is 17.4 Å². The second kappa shape index (κ2) is 3.68. The Morgan fingerprint density at radius 1 is 1.57 bits per heavy atom. The van der Waals surface area contributed by atoms with Crippen LogP contribution in [-0.2, 0) is 16.8 Å². The normalized spacial score (nSPS) is 17.5. The van der Waals surface area contributed by atoms with Gasteiger partial charge in [0.05, 0.1) is 0 Å². The first kappa shape index (κ1) is 9.63. The molecule has 0 spiro atoms. The van der Waals surface area contributed by atoms with Crippen LogP contribution in [0, 0.1) is 0 Å². The summed E-state index contributed by atoms with van der Waals surface area (Å²) in [5.74, 6) is 0. The zero-order chi connectivity index (χ0) is 10.0. The lowest BCUT2D eigenvalue weighted by Gasteiger charge is -2.02. The number of hydrogen-bond donors (Lipinski definition) is 0. The number of carbonyl (C=O) groups excluding carboxylic acids is 1. The maximum absolute atomic E-state index is 10.3. The van der Waals surface area contributed by atoms with E-state index >= 15 is 0 Å². The first-order valence-corrected chi connectivity index (χ1v) is 5.80. The predicted molar refractivity (Wildman–Crippen MR) is 57.3 cm³/mol. The van der Waals surface area contributed by atoms with E-state index in [1.807, 2.05) is 0 Å². The molecule has 3 heteroatoms. The van der Waals surface area contributed by atoms with E-state index < -0.39 is 0 Å². The number of aliphatic imine (C=N–C) groups is 1. The number of rotatable bonds is 4. The van der Waals surface area contributed by atoms with Gasteiger partial charge in [-0.3, -0.25) is 0 Å². The average Bonchev–Trinajstić information content (AvgIpc) is 2.79. The van der Waals surface area contributed by atoms with E-state index in [1.165, 1.54) is 16.2 Å². The third-order valence-corrected chi connectivity index (χ3v) is 3.94. The minimum Gasteiger partial charge on any atom is -0.211 e. The second-order valence-corrected chi connectivity index (χ2v) is 4.92. The second-order valence-electron chi connectivity index (χ2n) is 3.75.